The van der Waals surface area contributed by atoms with E-state index in [1.54, 1.807) is 80.0 Å². The van der Waals surface area contributed by atoms with Crippen molar-refractivity contribution >= 4 is 128 Å². The number of para-hydroxylation sites is 3. The first kappa shape index (κ1) is 101. The summed E-state index contributed by atoms with van der Waals surface area (Å²) in [6.07, 6.45) is 5.27. The average Bonchev–Trinajstić information content (AvgIpc) is 1.63. The van der Waals surface area contributed by atoms with Gasteiger partial charge >= 0.3 is 0 Å². The van der Waals surface area contributed by atoms with E-state index >= 15 is 24.0 Å². The topological polar surface area (TPSA) is 533 Å². The minimum Gasteiger partial charge on any atom is -0.395 e. The summed E-state index contributed by atoms with van der Waals surface area (Å²) in [7, 11) is 0. The molecule has 0 bridgehead atoms. The molecule has 0 aliphatic rings. The van der Waals surface area contributed by atoms with Gasteiger partial charge in [-0.1, -0.05) is 152 Å². The van der Waals surface area contributed by atoms with Gasteiger partial charge in [0.1, 0.15) is 78.5 Å². The lowest BCUT2D eigenvalue weighted by Crippen LogP contribution is -2.62. The molecule has 13 atom stereocenters. The highest BCUT2D eigenvalue weighted by molar-refractivity contribution is 6.01. The summed E-state index contributed by atoms with van der Waals surface area (Å²) in [5.74, 6) is -14.1. The van der Waals surface area contributed by atoms with E-state index in [-0.39, 0.29) is 81.8 Å². The van der Waals surface area contributed by atoms with E-state index in [9.17, 15) is 57.8 Å². The van der Waals surface area contributed by atoms with Crippen molar-refractivity contribution in [1.29, 1.82) is 0 Å². The van der Waals surface area contributed by atoms with Gasteiger partial charge in [0, 0.05) is 77.1 Å². The Bertz CT molecular complexity index is 4680. The van der Waals surface area contributed by atoms with Crippen molar-refractivity contribution in [3.8, 4) is 0 Å². The number of carbonyl (C=O) groups excluding carboxylic acids is 16. The number of hydrogen-bond acceptors (Lipinski definition) is 17. The second-order valence-electron chi connectivity index (χ2n) is 34.4. The molecule has 6 rings (SSSR count). The van der Waals surface area contributed by atoms with E-state index in [1.807, 2.05) is 108 Å². The average molecular weight is 1730 g/mol. The van der Waals surface area contributed by atoms with Gasteiger partial charge in [-0.25, -0.2) is 0 Å². The molecule has 3 heterocycles. The molecule has 0 aliphatic carbocycles. The van der Waals surface area contributed by atoms with Gasteiger partial charge in [-0.15, -0.1) is 0 Å². The monoisotopic (exact) mass is 1720 g/mol. The van der Waals surface area contributed by atoms with Crippen LogP contribution in [-0.4, -0.2) is 220 Å². The summed E-state index contributed by atoms with van der Waals surface area (Å²) in [5.41, 5.74) is 4.00. The quantitative estimate of drug-likeness (QED) is 0.0241. The molecule has 0 aliphatic heterocycles. The Morgan fingerprint density at radius 3 is 0.944 bits per heavy atom. The predicted octanol–water partition coefficient (Wildman–Crippen LogP) is 1.64. The highest BCUT2D eigenvalue weighted by atomic mass is 16.3. The van der Waals surface area contributed by atoms with E-state index in [0.717, 1.165) is 21.8 Å². The van der Waals surface area contributed by atoms with Crippen molar-refractivity contribution in [2.45, 2.75) is 241 Å². The molecule has 20 N–H and O–H groups in total. The fourth-order valence-corrected chi connectivity index (χ4v) is 14.1. The highest BCUT2D eigenvalue weighted by Crippen LogP contribution is 2.25. The lowest BCUT2D eigenvalue weighted by atomic mass is 9.97. The van der Waals surface area contributed by atoms with E-state index in [0.29, 0.717) is 34.0 Å². The number of nitrogens with one attached hydrogen (secondary N) is 19. The van der Waals surface area contributed by atoms with Crippen LogP contribution in [-0.2, 0) is 96.0 Å². The van der Waals surface area contributed by atoms with Gasteiger partial charge in [0.25, 0.3) is 0 Å². The molecule has 36 heteroatoms. The number of rotatable bonds is 50. The van der Waals surface area contributed by atoms with E-state index in [1.165, 1.54) is 20.8 Å². The van der Waals surface area contributed by atoms with E-state index in [2.05, 4.69) is 100 Å². The second-order valence-corrected chi connectivity index (χ2v) is 34.4. The van der Waals surface area contributed by atoms with Crippen LogP contribution in [0.3, 0.4) is 0 Å². The smallest absolute Gasteiger partial charge is 0.243 e. The Morgan fingerprint density at radius 2 is 0.589 bits per heavy atom. The van der Waals surface area contributed by atoms with Crippen LogP contribution in [0, 0.1) is 41.4 Å². The highest BCUT2D eigenvalue weighted by Gasteiger charge is 2.40. The maximum Gasteiger partial charge on any atom is 0.243 e. The minimum absolute atomic E-state index is 0.00402. The molecule has 678 valence electrons. The third kappa shape index (κ3) is 31.0. The standard InChI is InChI=1S/C88H129N19O17/c1-45(2)32-64(79(115)94-42-71(110)89-30-31-108)99-83(119)68(36-55-39-90-61-27-21-18-24-58(55)61)102-81(117)66(34-47(5)6)100-84(120)69(37-56-40-91-62-28-22-19-25-59(56)62)103-82(118)67(35-48(7)8)101-85(121)70(38-57-41-92-63-29-23-20-26-60(57)63)104-86(122)73(49(9)10)106-88(124)75(51(13)14)107-87(123)74(50(11)12)105-78(114)54(17)97-80(116)65(33-46(3)4)98-77(113)53(16)96-72(111)43-93-76(112)52(15)95-44-109/h18-29,39-41,44-54,64-70,73-75,90-92,108H,30-38,42-43H2,1-17H3,(H,89,110)(H,93,112)(H,94,115)(H,95,109)(H,96,111)(H,97,116)(H,98,113)(H,99,119)(H,100,120)(H,101,121)(H,102,117)(H,103,118)(H,104,122)(H,105,114)(H,106,124)(H,107,123)/t52?,53-,54-,64+,65+,66+,67+,68-,69-,70-,73+,74+,75-/m0/s1. The molecule has 0 saturated carbocycles. The zero-order chi connectivity index (χ0) is 91.9. The number of amides is 16. The van der Waals surface area contributed by atoms with Crippen LogP contribution >= 0.6 is 0 Å². The number of H-pyrrole nitrogens is 3. The molecule has 3 aromatic heterocycles. The molecule has 0 spiro atoms. The summed E-state index contributed by atoms with van der Waals surface area (Å²) in [6, 6.07) is 5.06. The molecule has 0 saturated heterocycles. The Labute approximate surface area is 723 Å². The Balaban J connectivity index is 1.23. The first-order valence-electron chi connectivity index (χ1n) is 42.5. The number of aromatic amines is 3. The van der Waals surface area contributed by atoms with Crippen LogP contribution in [0.1, 0.15) is 160 Å². The van der Waals surface area contributed by atoms with Gasteiger partial charge in [-0.2, -0.15) is 0 Å². The largest absolute Gasteiger partial charge is 0.395 e. The van der Waals surface area contributed by atoms with Crippen molar-refractivity contribution in [3.05, 3.63) is 108 Å². The third-order valence-electron chi connectivity index (χ3n) is 20.8. The summed E-state index contributed by atoms with van der Waals surface area (Å²) in [6.45, 7) is 27.3. The SMILES string of the molecule is CC(C)C[C@@H](NC(=O)[C@H](C)NC(=O)CNC(=O)C(C)NC=O)C(=O)N[C@@H](C)C(=O)N[C@@H](C(=O)N[C@H](C(=O)N[C@@H](C(=O)N[C@@H](Cc1c[nH]c2ccccc12)C(=O)N[C@H](CC(C)C)C(=O)N[C@@H](Cc1c[nH]c2ccccc12)C(=O)N[C@H](CC(C)C)C(=O)N[C@@H](Cc1c[nH]c2ccccc12)C(=O)N[C@H](CC(C)C)C(=O)NCC(=O)NCCO)C(C)C)C(C)C)C(C)C. The lowest BCUT2D eigenvalue weighted by Gasteiger charge is -2.31. The fraction of sp³-hybridized carbons (Fsp3) is 0.545. The Hall–Kier alpha value is -12.2. The van der Waals surface area contributed by atoms with Gasteiger partial charge in [-0.3, -0.25) is 76.7 Å². The number of benzene rings is 3. The third-order valence-corrected chi connectivity index (χ3v) is 20.8. The van der Waals surface area contributed by atoms with Gasteiger partial charge < -0.3 is 105 Å². The number of hydrogen-bond donors (Lipinski definition) is 20. The molecule has 3 aromatic carbocycles. The molecule has 16 amide bonds. The van der Waals surface area contributed by atoms with Crippen LogP contribution < -0.4 is 85.1 Å². The number of aliphatic hydroxyl groups excluding tert-OH is 1. The van der Waals surface area contributed by atoms with Gasteiger partial charge in [0.05, 0.1) is 19.7 Å². The summed E-state index contributed by atoms with van der Waals surface area (Å²) < 4.78 is 0. The molecule has 1 unspecified atom stereocenters. The van der Waals surface area contributed by atoms with Crippen LogP contribution in [0.15, 0.2) is 91.4 Å². The minimum atomic E-state index is -1.47. The van der Waals surface area contributed by atoms with E-state index < -0.39 is 198 Å². The summed E-state index contributed by atoms with van der Waals surface area (Å²) in [5, 5.41) is 54.1. The van der Waals surface area contributed by atoms with Crippen molar-refractivity contribution in [1.82, 2.24) is 100 Å². The maximum absolute atomic E-state index is 15.4. The second kappa shape index (κ2) is 48.6. The first-order valence-corrected chi connectivity index (χ1v) is 42.5. The molecular weight excluding hydrogens is 1600 g/mol. The number of aromatic nitrogens is 3. The molecule has 0 fully saturated rings. The first-order chi connectivity index (χ1) is 58.6. The fourth-order valence-electron chi connectivity index (χ4n) is 14.1. The van der Waals surface area contributed by atoms with Crippen LogP contribution in [0.25, 0.3) is 32.7 Å². The van der Waals surface area contributed by atoms with Gasteiger partial charge in [-0.05, 0) is 123 Å². The van der Waals surface area contributed by atoms with Crippen LogP contribution in [0.4, 0.5) is 0 Å². The van der Waals surface area contributed by atoms with Crippen LogP contribution in [0.5, 0.6) is 0 Å². The molecular formula is C88H129N19O17. The molecule has 124 heavy (non-hydrogen) atoms. The molecule has 0 radical (unpaired) electrons. The van der Waals surface area contributed by atoms with Crippen molar-refractivity contribution in [3.63, 3.8) is 0 Å². The normalized spacial score (nSPS) is 14.7. The van der Waals surface area contributed by atoms with E-state index in [4.69, 9.17) is 0 Å². The van der Waals surface area contributed by atoms with Crippen molar-refractivity contribution in [2.24, 2.45) is 41.4 Å². The zero-order valence-corrected chi connectivity index (χ0v) is 74.0. The molecule has 6 aromatic rings. The summed E-state index contributed by atoms with van der Waals surface area (Å²) in [4.78, 5) is 233. The molecule has 36 nitrogen and oxygen atoms in total. The Kier molecular flexibility index (Phi) is 39.4. The number of fused-ring (bicyclic) bond motifs is 3. The maximum atomic E-state index is 15.4. The van der Waals surface area contributed by atoms with Gasteiger partial charge in [0.15, 0.2) is 0 Å². The van der Waals surface area contributed by atoms with Crippen LogP contribution in [0.2, 0.25) is 0 Å². The van der Waals surface area contributed by atoms with Crippen molar-refractivity contribution < 1.29 is 81.8 Å². The lowest BCUT2D eigenvalue weighted by molar-refractivity contribution is -0.137. The number of carbonyl (C=O) groups is 16. The van der Waals surface area contributed by atoms with Crippen molar-refractivity contribution in [2.75, 3.05) is 26.2 Å². The number of aliphatic hydroxyl groups is 1. The van der Waals surface area contributed by atoms with Gasteiger partial charge in [0.2, 0.25) is 95.0 Å². The Morgan fingerprint density at radius 1 is 0.306 bits per heavy atom. The predicted molar refractivity (Wildman–Crippen MR) is 468 cm³/mol. The summed E-state index contributed by atoms with van der Waals surface area (Å²) >= 11 is 0. The zero-order valence-electron chi connectivity index (χ0n) is 74.0.